The van der Waals surface area contributed by atoms with Crippen LogP contribution in [0.15, 0.2) is 24.3 Å². The lowest BCUT2D eigenvalue weighted by atomic mass is 9.61. The maximum absolute atomic E-state index is 12.7. The van der Waals surface area contributed by atoms with Crippen molar-refractivity contribution in [1.29, 1.82) is 0 Å². The zero-order valence-electron chi connectivity index (χ0n) is 14.1. The van der Waals surface area contributed by atoms with Gasteiger partial charge in [-0.25, -0.2) is 0 Å². The van der Waals surface area contributed by atoms with E-state index in [4.69, 9.17) is 4.74 Å². The van der Waals surface area contributed by atoms with Crippen molar-refractivity contribution < 1.29 is 29.6 Å². The van der Waals surface area contributed by atoms with Gasteiger partial charge in [-0.15, -0.1) is 0 Å². The second kappa shape index (κ2) is 4.01. The number of hydrogen-bond acceptors (Lipinski definition) is 5. The third kappa shape index (κ3) is 1.36. The molecular formula is C19H22O6. The Bertz CT molecular complexity index is 772. The lowest BCUT2D eigenvalue weighted by Gasteiger charge is -2.44. The molecule has 3 N–H and O–H groups in total. The van der Waals surface area contributed by atoms with Crippen LogP contribution < -0.4 is 0 Å². The van der Waals surface area contributed by atoms with Crippen molar-refractivity contribution in [2.75, 3.05) is 0 Å². The van der Waals surface area contributed by atoms with Gasteiger partial charge in [-0.2, -0.15) is 0 Å². The third-order valence-electron chi connectivity index (χ3n) is 8.12. The quantitative estimate of drug-likeness (QED) is 0.484. The number of fused-ring (bicyclic) bond motifs is 1. The normalized spacial score (nSPS) is 58.0. The van der Waals surface area contributed by atoms with Crippen LogP contribution in [0.4, 0.5) is 0 Å². The van der Waals surface area contributed by atoms with Crippen LogP contribution in [0.2, 0.25) is 0 Å². The van der Waals surface area contributed by atoms with Gasteiger partial charge in [0, 0.05) is 11.8 Å². The van der Waals surface area contributed by atoms with Crippen molar-refractivity contribution in [3.8, 4) is 0 Å². The van der Waals surface area contributed by atoms with Crippen molar-refractivity contribution in [2.24, 2.45) is 28.6 Å². The largest absolute Gasteiger partial charge is 0.481 e. The summed E-state index contributed by atoms with van der Waals surface area (Å²) in [5, 5.41) is 31.6. The molecule has 0 aromatic rings. The van der Waals surface area contributed by atoms with Crippen LogP contribution in [0.5, 0.6) is 0 Å². The smallest absolute Gasteiger partial charge is 0.316 e. The third-order valence-corrected chi connectivity index (χ3v) is 8.12. The highest BCUT2D eigenvalue weighted by Gasteiger charge is 2.83. The summed E-state index contributed by atoms with van der Waals surface area (Å²) in [7, 11) is 0. The van der Waals surface area contributed by atoms with Gasteiger partial charge in [0.25, 0.3) is 0 Å². The number of carbonyl (C=O) groups excluding carboxylic acids is 1. The molecular weight excluding hydrogens is 324 g/mol. The summed E-state index contributed by atoms with van der Waals surface area (Å²) >= 11 is 0. The Morgan fingerprint density at radius 1 is 1.44 bits per heavy atom. The van der Waals surface area contributed by atoms with Gasteiger partial charge < -0.3 is 20.1 Å². The minimum Gasteiger partial charge on any atom is -0.481 e. The standard InChI is InChI=1S/C19H22O6/c1-9-7-17-8-18(9,24)5-3-10(17)19-6-4-11(20)16(2,15(23)25-19)13(19)12(17)14(21)22/h4,6,10-13,20,24H,1,3,5,7-8H2,2H3,(H,21,22)/t10?,11-,12+,13+,16?,17-,18-,19+/m0/s1. The number of carboxylic acid groups (broad SMARTS) is 1. The highest BCUT2D eigenvalue weighted by molar-refractivity contribution is 5.86. The van der Waals surface area contributed by atoms with Crippen molar-refractivity contribution in [3.63, 3.8) is 0 Å². The van der Waals surface area contributed by atoms with Gasteiger partial charge in [-0.3, -0.25) is 9.59 Å². The van der Waals surface area contributed by atoms with E-state index in [-0.39, 0.29) is 5.92 Å². The van der Waals surface area contributed by atoms with E-state index in [1.165, 1.54) is 0 Å². The molecule has 0 amide bonds. The van der Waals surface area contributed by atoms with Gasteiger partial charge in [0.2, 0.25) is 0 Å². The second-order valence-corrected chi connectivity index (χ2v) is 8.94. The van der Waals surface area contributed by atoms with E-state index < -0.39 is 51.9 Å². The first-order chi connectivity index (χ1) is 11.6. The van der Waals surface area contributed by atoms with E-state index in [9.17, 15) is 24.9 Å². The number of aliphatic carboxylic acids is 1. The Morgan fingerprint density at radius 3 is 2.84 bits per heavy atom. The van der Waals surface area contributed by atoms with Crippen LogP contribution in [0.3, 0.4) is 0 Å². The zero-order valence-corrected chi connectivity index (χ0v) is 14.1. The molecule has 6 heteroatoms. The van der Waals surface area contributed by atoms with Gasteiger partial charge in [-0.05, 0) is 49.7 Å². The van der Waals surface area contributed by atoms with Crippen LogP contribution in [-0.4, -0.2) is 44.6 Å². The van der Waals surface area contributed by atoms with E-state index >= 15 is 0 Å². The fourth-order valence-corrected chi connectivity index (χ4v) is 7.13. The summed E-state index contributed by atoms with van der Waals surface area (Å²) < 4.78 is 5.87. The van der Waals surface area contributed by atoms with Crippen LogP contribution in [0.1, 0.15) is 32.6 Å². The number of ether oxygens (including phenoxy) is 1. The first-order valence-electron chi connectivity index (χ1n) is 8.86. The molecule has 3 saturated carbocycles. The molecule has 0 radical (unpaired) electrons. The molecule has 8 atom stereocenters. The molecule has 4 aliphatic carbocycles. The average molecular weight is 346 g/mol. The molecule has 5 rings (SSSR count). The van der Waals surface area contributed by atoms with E-state index in [1.54, 1.807) is 19.1 Å². The topological polar surface area (TPSA) is 104 Å². The maximum Gasteiger partial charge on any atom is 0.316 e. The number of rotatable bonds is 1. The Hall–Kier alpha value is -1.66. The molecule has 1 heterocycles. The highest BCUT2D eigenvalue weighted by Crippen LogP contribution is 2.77. The minimum absolute atomic E-state index is 0.180. The van der Waals surface area contributed by atoms with Gasteiger partial charge >= 0.3 is 11.9 Å². The summed E-state index contributed by atoms with van der Waals surface area (Å²) in [5.41, 5.74) is -3.29. The van der Waals surface area contributed by atoms with E-state index in [0.717, 1.165) is 0 Å². The molecule has 1 saturated heterocycles. The molecule has 0 aromatic heterocycles. The SMILES string of the molecule is C=C1C[C@]23C[C@@]1(O)CCC2[C@@]12C=C[C@H](O)C(C)(C(=O)O1)[C@H]2[C@@H]3C(=O)O. The highest BCUT2D eigenvalue weighted by atomic mass is 16.6. The first kappa shape index (κ1) is 15.6. The fourth-order valence-electron chi connectivity index (χ4n) is 7.13. The summed E-state index contributed by atoms with van der Waals surface area (Å²) in [4.78, 5) is 25.1. The minimum atomic E-state index is -1.27. The molecule has 1 spiro atoms. The molecule has 6 nitrogen and oxygen atoms in total. The Kier molecular flexibility index (Phi) is 2.50. The number of hydrogen-bond donors (Lipinski definition) is 3. The van der Waals surface area contributed by atoms with E-state index in [0.29, 0.717) is 31.3 Å². The van der Waals surface area contributed by atoms with Crippen LogP contribution in [0.25, 0.3) is 0 Å². The lowest BCUT2D eigenvalue weighted by Crippen LogP contribution is -2.50. The maximum atomic E-state index is 12.7. The van der Waals surface area contributed by atoms with Crippen molar-refractivity contribution in [2.45, 2.75) is 49.9 Å². The molecule has 5 aliphatic rings. The summed E-state index contributed by atoms with van der Waals surface area (Å²) in [5.74, 6) is -3.18. The molecule has 0 aromatic carbocycles. The second-order valence-electron chi connectivity index (χ2n) is 8.94. The summed E-state index contributed by atoms with van der Waals surface area (Å²) in [6.07, 6.45) is 4.11. The summed E-state index contributed by atoms with van der Waals surface area (Å²) in [6.45, 7) is 5.64. The average Bonchev–Trinajstić information content (AvgIpc) is 2.95. The fraction of sp³-hybridized carbons (Fsp3) is 0.684. The Morgan fingerprint density at radius 2 is 2.16 bits per heavy atom. The number of aliphatic hydroxyl groups is 2. The molecule has 134 valence electrons. The van der Waals surface area contributed by atoms with Crippen molar-refractivity contribution in [1.82, 2.24) is 0 Å². The number of esters is 1. The predicted molar refractivity (Wildman–Crippen MR) is 85.2 cm³/mol. The molecule has 2 unspecified atom stereocenters. The zero-order chi connectivity index (χ0) is 18.0. The van der Waals surface area contributed by atoms with Gasteiger partial charge in [-0.1, -0.05) is 12.7 Å². The van der Waals surface area contributed by atoms with Gasteiger partial charge in [0.05, 0.1) is 17.6 Å². The molecule has 1 aliphatic heterocycles. The van der Waals surface area contributed by atoms with Crippen LogP contribution in [0, 0.1) is 28.6 Å². The summed E-state index contributed by atoms with van der Waals surface area (Å²) in [6, 6.07) is 0. The van der Waals surface area contributed by atoms with Crippen molar-refractivity contribution >= 4 is 11.9 Å². The predicted octanol–water partition coefficient (Wildman–Crippen LogP) is 1.03. The van der Waals surface area contributed by atoms with E-state index in [2.05, 4.69) is 6.58 Å². The van der Waals surface area contributed by atoms with Crippen LogP contribution >= 0.6 is 0 Å². The Balaban J connectivity index is 1.78. The molecule has 4 fully saturated rings. The number of carbonyl (C=O) groups is 2. The first-order valence-corrected chi connectivity index (χ1v) is 8.86. The van der Waals surface area contributed by atoms with E-state index in [1.807, 2.05) is 0 Å². The Labute approximate surface area is 145 Å². The lowest BCUT2D eigenvalue weighted by molar-refractivity contribution is -0.163. The van der Waals surface area contributed by atoms with Crippen molar-refractivity contribution in [3.05, 3.63) is 24.3 Å². The van der Waals surface area contributed by atoms with Gasteiger partial charge in [0.1, 0.15) is 11.0 Å². The molecule has 25 heavy (non-hydrogen) atoms. The van der Waals surface area contributed by atoms with Gasteiger partial charge in [0.15, 0.2) is 0 Å². The molecule has 4 bridgehead atoms. The van der Waals surface area contributed by atoms with Crippen LogP contribution in [-0.2, 0) is 14.3 Å². The monoisotopic (exact) mass is 346 g/mol. The number of carboxylic acids is 1. The number of aliphatic hydroxyl groups excluding tert-OH is 1.